The Bertz CT molecular complexity index is 724. The van der Waals surface area contributed by atoms with E-state index in [1.54, 1.807) is 23.0 Å². The van der Waals surface area contributed by atoms with Crippen molar-refractivity contribution in [2.75, 3.05) is 0 Å². The van der Waals surface area contributed by atoms with E-state index < -0.39 is 11.4 Å². The maximum Gasteiger partial charge on any atom is 0.248 e. The number of hydrogen-bond acceptors (Lipinski definition) is 4. The molecular weight excluding hydrogens is 266 g/mol. The number of aromatic nitrogens is 3. The molecule has 0 atom stereocenters. The van der Waals surface area contributed by atoms with E-state index in [2.05, 4.69) is 16.4 Å². The Labute approximate surface area is 122 Å². The molecule has 1 fully saturated rings. The normalized spacial score (nSPS) is 15.4. The molecule has 2 N–H and O–H groups in total. The van der Waals surface area contributed by atoms with Gasteiger partial charge in [-0.05, 0) is 30.9 Å². The van der Waals surface area contributed by atoms with Crippen LogP contribution in [0, 0.1) is 17.8 Å². The minimum atomic E-state index is -0.496. The standard InChI is InChI=1S/C15H14N5O/c16-10-15(7-8-15)20-9-12(18-19-20)6-5-11-3-1-2-4-13(11)14(17)21/h1-4,6,9H,5,7-8H2,(H2,17,21). The molecular formula is C15H14N5O. The van der Waals surface area contributed by atoms with Crippen LogP contribution < -0.4 is 5.73 Å². The van der Waals surface area contributed by atoms with Crippen LogP contribution in [0.1, 0.15) is 34.5 Å². The number of rotatable bonds is 5. The predicted molar refractivity (Wildman–Crippen MR) is 74.9 cm³/mol. The van der Waals surface area contributed by atoms with Crippen LogP contribution in [0.25, 0.3) is 0 Å². The number of nitrogens with zero attached hydrogens (tertiary/aromatic N) is 4. The molecule has 0 aliphatic heterocycles. The third kappa shape index (κ3) is 2.50. The second kappa shape index (κ2) is 5.02. The lowest BCUT2D eigenvalue weighted by molar-refractivity contribution is 0.0999. The fraction of sp³-hybridized carbons (Fsp3) is 0.267. The van der Waals surface area contributed by atoms with Gasteiger partial charge < -0.3 is 5.73 Å². The van der Waals surface area contributed by atoms with Crippen molar-refractivity contribution in [1.29, 1.82) is 5.26 Å². The van der Waals surface area contributed by atoms with E-state index in [1.165, 1.54) is 0 Å². The van der Waals surface area contributed by atoms with Crippen LogP contribution in [0.5, 0.6) is 0 Å². The average Bonchev–Trinajstić information content (AvgIpc) is 3.16. The van der Waals surface area contributed by atoms with Crippen LogP contribution in [-0.2, 0) is 12.0 Å². The zero-order chi connectivity index (χ0) is 14.9. The maximum absolute atomic E-state index is 11.4. The summed E-state index contributed by atoms with van der Waals surface area (Å²) in [7, 11) is 0. The summed E-state index contributed by atoms with van der Waals surface area (Å²) in [6.45, 7) is 0. The highest BCUT2D eigenvalue weighted by atomic mass is 16.1. The van der Waals surface area contributed by atoms with Crippen molar-refractivity contribution in [3.05, 3.63) is 53.7 Å². The Morgan fingerprint density at radius 3 is 2.90 bits per heavy atom. The monoisotopic (exact) mass is 280 g/mol. The Kier molecular flexibility index (Phi) is 3.18. The summed E-state index contributed by atoms with van der Waals surface area (Å²) in [6, 6.07) is 9.47. The van der Waals surface area contributed by atoms with Gasteiger partial charge in [-0.15, -0.1) is 5.10 Å². The maximum atomic E-state index is 11.4. The zero-order valence-corrected chi connectivity index (χ0v) is 11.4. The molecule has 0 spiro atoms. The molecule has 1 heterocycles. The van der Waals surface area contributed by atoms with E-state index in [0.29, 0.717) is 17.7 Å². The summed E-state index contributed by atoms with van der Waals surface area (Å²) < 4.78 is 1.62. The van der Waals surface area contributed by atoms with Crippen LogP contribution >= 0.6 is 0 Å². The Hall–Kier alpha value is -2.68. The highest BCUT2D eigenvalue weighted by molar-refractivity contribution is 5.94. The number of carbonyl (C=O) groups excluding carboxylic acids is 1. The van der Waals surface area contributed by atoms with Gasteiger partial charge in [0.25, 0.3) is 0 Å². The minimum absolute atomic E-state index is 0.441. The third-order valence-electron chi connectivity index (χ3n) is 3.70. The highest BCUT2D eigenvalue weighted by Gasteiger charge is 2.46. The molecule has 3 rings (SSSR count). The van der Waals surface area contributed by atoms with Crippen molar-refractivity contribution < 1.29 is 4.79 Å². The van der Waals surface area contributed by atoms with Crippen molar-refractivity contribution in [2.45, 2.75) is 24.8 Å². The fourth-order valence-corrected chi connectivity index (χ4v) is 2.24. The second-order valence-electron chi connectivity index (χ2n) is 5.16. The van der Waals surface area contributed by atoms with E-state index in [0.717, 1.165) is 18.4 Å². The Balaban J connectivity index is 1.72. The molecule has 1 aliphatic carbocycles. The molecule has 1 amide bonds. The van der Waals surface area contributed by atoms with Gasteiger partial charge in [0.15, 0.2) is 5.54 Å². The molecule has 21 heavy (non-hydrogen) atoms. The van der Waals surface area contributed by atoms with Crippen molar-refractivity contribution in [1.82, 2.24) is 15.0 Å². The summed E-state index contributed by atoms with van der Waals surface area (Å²) in [5.74, 6) is -0.441. The fourth-order valence-electron chi connectivity index (χ4n) is 2.24. The van der Waals surface area contributed by atoms with E-state index in [4.69, 9.17) is 11.0 Å². The number of nitriles is 1. The van der Waals surface area contributed by atoms with Crippen molar-refractivity contribution >= 4 is 5.91 Å². The molecule has 1 radical (unpaired) electrons. The molecule has 1 aromatic heterocycles. The molecule has 0 saturated heterocycles. The minimum Gasteiger partial charge on any atom is -0.366 e. The molecule has 6 heteroatoms. The Morgan fingerprint density at radius 1 is 1.48 bits per heavy atom. The van der Waals surface area contributed by atoms with Crippen LogP contribution in [0.15, 0.2) is 30.5 Å². The largest absolute Gasteiger partial charge is 0.366 e. The summed E-state index contributed by atoms with van der Waals surface area (Å²) in [6.07, 6.45) is 5.81. The van der Waals surface area contributed by atoms with Crippen molar-refractivity contribution in [3.8, 4) is 6.07 Å². The molecule has 6 nitrogen and oxygen atoms in total. The van der Waals surface area contributed by atoms with Gasteiger partial charge in [-0.2, -0.15) is 5.26 Å². The quantitative estimate of drug-likeness (QED) is 0.889. The summed E-state index contributed by atoms with van der Waals surface area (Å²) in [4.78, 5) is 11.4. The van der Waals surface area contributed by atoms with Crippen LogP contribution in [0.3, 0.4) is 0 Å². The van der Waals surface area contributed by atoms with Gasteiger partial charge in [0.05, 0.1) is 18.0 Å². The van der Waals surface area contributed by atoms with Crippen LogP contribution in [-0.4, -0.2) is 20.9 Å². The lowest BCUT2D eigenvalue weighted by Gasteiger charge is -2.05. The number of benzene rings is 1. The number of primary amides is 1. The first-order chi connectivity index (χ1) is 10.1. The molecule has 1 aromatic carbocycles. The van der Waals surface area contributed by atoms with E-state index in [-0.39, 0.29) is 0 Å². The van der Waals surface area contributed by atoms with Crippen LogP contribution in [0.4, 0.5) is 0 Å². The van der Waals surface area contributed by atoms with Gasteiger partial charge in [-0.25, -0.2) is 4.68 Å². The number of amides is 1. The summed E-state index contributed by atoms with van der Waals surface area (Å²) in [5, 5.41) is 17.2. The van der Waals surface area contributed by atoms with Crippen LogP contribution in [0.2, 0.25) is 0 Å². The lowest BCUT2D eigenvalue weighted by Crippen LogP contribution is -2.14. The number of hydrogen-bond donors (Lipinski definition) is 1. The smallest absolute Gasteiger partial charge is 0.248 e. The number of nitrogens with two attached hydrogens (primary N) is 1. The average molecular weight is 280 g/mol. The van der Waals surface area contributed by atoms with Gasteiger partial charge in [0.2, 0.25) is 5.91 Å². The second-order valence-corrected chi connectivity index (χ2v) is 5.16. The summed E-state index contributed by atoms with van der Waals surface area (Å²) >= 11 is 0. The van der Waals surface area contributed by atoms with E-state index in [1.807, 2.05) is 18.6 Å². The molecule has 105 valence electrons. The van der Waals surface area contributed by atoms with Crippen molar-refractivity contribution in [3.63, 3.8) is 0 Å². The molecule has 2 aromatic rings. The molecule has 1 aliphatic rings. The summed E-state index contributed by atoms with van der Waals surface area (Å²) in [5.41, 5.74) is 6.90. The lowest BCUT2D eigenvalue weighted by atomic mass is 10.0. The van der Waals surface area contributed by atoms with E-state index >= 15 is 0 Å². The Morgan fingerprint density at radius 2 is 2.24 bits per heavy atom. The first-order valence-corrected chi connectivity index (χ1v) is 6.70. The predicted octanol–water partition coefficient (Wildman–Crippen LogP) is 1.18. The highest BCUT2D eigenvalue weighted by Crippen LogP contribution is 2.41. The molecule has 1 saturated carbocycles. The SMILES string of the molecule is N#CC1(n2cc([CH]Cc3ccccc3C(N)=O)nn2)CC1. The molecule has 0 bridgehead atoms. The van der Waals surface area contributed by atoms with Crippen molar-refractivity contribution in [2.24, 2.45) is 5.73 Å². The first kappa shape index (κ1) is 13.3. The van der Waals surface area contributed by atoms with E-state index in [9.17, 15) is 4.79 Å². The topological polar surface area (TPSA) is 97.6 Å². The zero-order valence-electron chi connectivity index (χ0n) is 11.4. The molecule has 0 unspecified atom stereocenters. The third-order valence-corrected chi connectivity index (χ3v) is 3.70. The van der Waals surface area contributed by atoms with Gasteiger partial charge in [0, 0.05) is 12.0 Å². The van der Waals surface area contributed by atoms with Gasteiger partial charge >= 0.3 is 0 Å². The first-order valence-electron chi connectivity index (χ1n) is 6.70. The number of carbonyl (C=O) groups is 1. The van der Waals surface area contributed by atoms with Gasteiger partial charge in [-0.3, -0.25) is 4.79 Å². The van der Waals surface area contributed by atoms with Gasteiger partial charge in [0.1, 0.15) is 0 Å². The van der Waals surface area contributed by atoms with Gasteiger partial charge in [-0.1, -0.05) is 23.4 Å².